The van der Waals surface area contributed by atoms with Gasteiger partial charge in [0, 0.05) is 13.1 Å². The van der Waals surface area contributed by atoms with Crippen LogP contribution < -0.4 is 0 Å². The van der Waals surface area contributed by atoms with Gasteiger partial charge in [0.1, 0.15) is 12.2 Å². The van der Waals surface area contributed by atoms with Gasteiger partial charge in [-0.3, -0.25) is 4.79 Å². The standard InChI is InChI=1S/C8H12N4O4S/c1-6(8(13)14)17(15,16)12-3-2-11-5-9-10-7(11)4-12/h5-6H,2-4H2,1H3,(H,13,14). The van der Waals surface area contributed by atoms with E-state index in [0.29, 0.717) is 12.4 Å². The number of carboxylic acids is 1. The molecule has 1 unspecified atom stereocenters. The second kappa shape index (κ2) is 4.08. The number of sulfonamides is 1. The summed E-state index contributed by atoms with van der Waals surface area (Å²) in [6.07, 6.45) is 1.53. The van der Waals surface area contributed by atoms with Gasteiger partial charge in [-0.1, -0.05) is 0 Å². The van der Waals surface area contributed by atoms with Crippen LogP contribution in [0.5, 0.6) is 0 Å². The SMILES string of the molecule is CC(C(=O)O)S(=O)(=O)N1CCn2cnnc2C1. The summed E-state index contributed by atoms with van der Waals surface area (Å²) in [5.74, 6) is -0.825. The van der Waals surface area contributed by atoms with Gasteiger partial charge in [-0.05, 0) is 6.92 Å². The van der Waals surface area contributed by atoms with Crippen LogP contribution in [0.3, 0.4) is 0 Å². The number of carbonyl (C=O) groups is 1. The molecule has 8 nitrogen and oxygen atoms in total. The molecule has 0 aliphatic carbocycles. The van der Waals surface area contributed by atoms with E-state index in [9.17, 15) is 13.2 Å². The van der Waals surface area contributed by atoms with Gasteiger partial charge >= 0.3 is 5.97 Å². The highest BCUT2D eigenvalue weighted by Gasteiger charge is 2.36. The monoisotopic (exact) mass is 260 g/mol. The molecule has 0 saturated carbocycles. The lowest BCUT2D eigenvalue weighted by Crippen LogP contribution is -2.44. The summed E-state index contributed by atoms with van der Waals surface area (Å²) in [7, 11) is -3.83. The van der Waals surface area contributed by atoms with Crippen molar-refractivity contribution in [1.29, 1.82) is 0 Å². The molecule has 2 rings (SSSR count). The normalized spacial score (nSPS) is 18.6. The Hall–Kier alpha value is -1.48. The molecule has 2 heterocycles. The van der Waals surface area contributed by atoms with Gasteiger partial charge in [0.15, 0.2) is 5.25 Å². The lowest BCUT2D eigenvalue weighted by molar-refractivity contribution is -0.136. The Labute approximate surface area is 97.9 Å². The first-order valence-electron chi connectivity index (χ1n) is 5.01. The number of nitrogens with zero attached hydrogens (tertiary/aromatic N) is 4. The Morgan fingerprint density at radius 1 is 1.53 bits per heavy atom. The molecule has 1 aromatic heterocycles. The van der Waals surface area contributed by atoms with Crippen LogP contribution in [0.4, 0.5) is 0 Å². The van der Waals surface area contributed by atoms with E-state index in [0.717, 1.165) is 11.2 Å². The lowest BCUT2D eigenvalue weighted by atomic mass is 10.4. The molecular weight excluding hydrogens is 248 g/mol. The van der Waals surface area contributed by atoms with Crippen LogP contribution in [-0.4, -0.2) is 50.4 Å². The van der Waals surface area contributed by atoms with E-state index >= 15 is 0 Å². The van der Waals surface area contributed by atoms with Crippen LogP contribution in [-0.2, 0) is 27.9 Å². The summed E-state index contributed by atoms with van der Waals surface area (Å²) in [6, 6.07) is 0. The second-order valence-corrected chi connectivity index (χ2v) is 6.05. The van der Waals surface area contributed by atoms with Crippen molar-refractivity contribution in [1.82, 2.24) is 19.1 Å². The topological polar surface area (TPSA) is 105 Å². The molecule has 1 aliphatic heterocycles. The zero-order valence-corrected chi connectivity index (χ0v) is 9.96. The number of fused-ring (bicyclic) bond motifs is 1. The molecule has 0 aromatic carbocycles. The largest absolute Gasteiger partial charge is 0.480 e. The van der Waals surface area contributed by atoms with Crippen LogP contribution in [0.25, 0.3) is 0 Å². The van der Waals surface area contributed by atoms with Gasteiger partial charge in [0.2, 0.25) is 10.0 Å². The third-order valence-electron chi connectivity index (χ3n) is 2.76. The summed E-state index contributed by atoms with van der Waals surface area (Å²) in [5, 5.41) is 14.8. The third kappa shape index (κ3) is 2.03. The van der Waals surface area contributed by atoms with E-state index < -0.39 is 21.2 Å². The first-order chi connectivity index (χ1) is 7.93. The zero-order chi connectivity index (χ0) is 12.6. The van der Waals surface area contributed by atoms with E-state index in [2.05, 4.69) is 10.2 Å². The highest BCUT2D eigenvalue weighted by molar-refractivity contribution is 7.90. The zero-order valence-electron chi connectivity index (χ0n) is 9.15. The number of rotatable bonds is 3. The molecule has 1 N–H and O–H groups in total. The molecule has 17 heavy (non-hydrogen) atoms. The Bertz CT molecular complexity index is 537. The molecule has 94 valence electrons. The van der Waals surface area contributed by atoms with E-state index in [1.807, 2.05) is 0 Å². The van der Waals surface area contributed by atoms with Crippen molar-refractivity contribution in [3.8, 4) is 0 Å². The van der Waals surface area contributed by atoms with Crippen LogP contribution in [0.2, 0.25) is 0 Å². The summed E-state index contributed by atoms with van der Waals surface area (Å²) in [4.78, 5) is 10.7. The fraction of sp³-hybridized carbons (Fsp3) is 0.625. The van der Waals surface area contributed by atoms with E-state index in [1.54, 1.807) is 4.57 Å². The molecule has 9 heteroatoms. The number of hydrogen-bond donors (Lipinski definition) is 1. The summed E-state index contributed by atoms with van der Waals surface area (Å²) in [5.41, 5.74) is 0. The van der Waals surface area contributed by atoms with Crippen molar-refractivity contribution in [2.45, 2.75) is 25.3 Å². The second-order valence-electron chi connectivity index (χ2n) is 3.80. The molecule has 1 aromatic rings. The maximum absolute atomic E-state index is 11.9. The summed E-state index contributed by atoms with van der Waals surface area (Å²) in [6.45, 7) is 1.91. The summed E-state index contributed by atoms with van der Waals surface area (Å²) >= 11 is 0. The fourth-order valence-corrected chi connectivity index (χ4v) is 2.95. The summed E-state index contributed by atoms with van der Waals surface area (Å²) < 4.78 is 26.8. The Balaban J connectivity index is 2.24. The number of carboxylic acid groups (broad SMARTS) is 1. The molecule has 0 fully saturated rings. The molecule has 0 spiro atoms. The number of aromatic nitrogens is 3. The average Bonchev–Trinajstić information content (AvgIpc) is 2.74. The van der Waals surface area contributed by atoms with Crippen LogP contribution in [0.15, 0.2) is 6.33 Å². The fourth-order valence-electron chi connectivity index (χ4n) is 1.61. The van der Waals surface area contributed by atoms with Gasteiger partial charge < -0.3 is 9.67 Å². The maximum Gasteiger partial charge on any atom is 0.323 e. The molecule has 0 radical (unpaired) electrons. The average molecular weight is 260 g/mol. The van der Waals surface area contributed by atoms with Gasteiger partial charge in [0.05, 0.1) is 6.54 Å². The third-order valence-corrected chi connectivity index (χ3v) is 4.88. The molecular formula is C8H12N4O4S. The van der Waals surface area contributed by atoms with Crippen LogP contribution >= 0.6 is 0 Å². The quantitative estimate of drug-likeness (QED) is 0.739. The van der Waals surface area contributed by atoms with Crippen molar-refractivity contribution < 1.29 is 18.3 Å². The Morgan fingerprint density at radius 3 is 2.88 bits per heavy atom. The Morgan fingerprint density at radius 2 is 2.24 bits per heavy atom. The smallest absolute Gasteiger partial charge is 0.323 e. The maximum atomic E-state index is 11.9. The van der Waals surface area contributed by atoms with E-state index in [1.165, 1.54) is 6.33 Å². The van der Waals surface area contributed by atoms with Crippen molar-refractivity contribution in [3.05, 3.63) is 12.2 Å². The molecule has 0 bridgehead atoms. The lowest BCUT2D eigenvalue weighted by Gasteiger charge is -2.27. The van der Waals surface area contributed by atoms with E-state index in [-0.39, 0.29) is 13.1 Å². The molecule has 1 atom stereocenters. The van der Waals surface area contributed by atoms with Crippen LogP contribution in [0, 0.1) is 0 Å². The number of hydrogen-bond acceptors (Lipinski definition) is 5. The van der Waals surface area contributed by atoms with Gasteiger partial charge in [0.25, 0.3) is 0 Å². The first kappa shape index (κ1) is 12.0. The highest BCUT2D eigenvalue weighted by atomic mass is 32.2. The van der Waals surface area contributed by atoms with Gasteiger partial charge in [-0.2, -0.15) is 4.31 Å². The minimum Gasteiger partial charge on any atom is -0.480 e. The predicted molar refractivity (Wildman–Crippen MR) is 56.4 cm³/mol. The van der Waals surface area contributed by atoms with Crippen molar-refractivity contribution in [2.75, 3.05) is 6.54 Å². The minimum absolute atomic E-state index is 0.0694. The predicted octanol–water partition coefficient (Wildman–Crippen LogP) is -1.10. The first-order valence-corrected chi connectivity index (χ1v) is 6.51. The minimum atomic E-state index is -3.83. The highest BCUT2D eigenvalue weighted by Crippen LogP contribution is 2.16. The number of aliphatic carboxylic acids is 1. The molecule has 0 saturated heterocycles. The van der Waals surface area contributed by atoms with Crippen molar-refractivity contribution >= 4 is 16.0 Å². The van der Waals surface area contributed by atoms with E-state index in [4.69, 9.17) is 5.11 Å². The molecule has 1 aliphatic rings. The molecule has 0 amide bonds. The van der Waals surface area contributed by atoms with Gasteiger partial charge in [-0.25, -0.2) is 8.42 Å². The van der Waals surface area contributed by atoms with Crippen molar-refractivity contribution in [2.24, 2.45) is 0 Å². The van der Waals surface area contributed by atoms with Crippen molar-refractivity contribution in [3.63, 3.8) is 0 Å². The van der Waals surface area contributed by atoms with Gasteiger partial charge in [-0.15, -0.1) is 10.2 Å². The Kier molecular flexibility index (Phi) is 2.87. The van der Waals surface area contributed by atoms with Crippen LogP contribution in [0.1, 0.15) is 12.7 Å².